The Kier molecular flexibility index (Phi) is 2.22. The van der Waals surface area contributed by atoms with Gasteiger partial charge in [-0.3, -0.25) is 40.5 Å². The van der Waals surface area contributed by atoms with Gasteiger partial charge in [0.15, 0.2) is 0 Å². The molecule has 0 saturated heterocycles. The topological polar surface area (TPSA) is 173 Å². The third-order valence-corrected chi connectivity index (χ3v) is 5.69. The molecule has 4 saturated carbocycles. The standard InChI is InChI=1S/C9H10N4O8/c14-10(15)7-1-5-2-8(7,11(16)17)4-6(3-7)9(5,12(18)19)13(20)21/h5-6H,1-4H2. The van der Waals surface area contributed by atoms with Gasteiger partial charge in [-0.1, -0.05) is 0 Å². The molecule has 0 aromatic rings. The van der Waals surface area contributed by atoms with Crippen molar-refractivity contribution >= 4 is 0 Å². The molecule has 21 heavy (non-hydrogen) atoms. The van der Waals surface area contributed by atoms with E-state index >= 15 is 0 Å². The maximum atomic E-state index is 11.4. The zero-order valence-electron chi connectivity index (χ0n) is 10.5. The molecule has 0 spiro atoms. The molecular formula is C9H10N4O8. The van der Waals surface area contributed by atoms with Crippen molar-refractivity contribution in [2.24, 2.45) is 11.8 Å². The number of hydrogen-bond donors (Lipinski definition) is 0. The second-order valence-corrected chi connectivity index (χ2v) is 6.09. The van der Waals surface area contributed by atoms with Gasteiger partial charge >= 0.3 is 5.66 Å². The molecular weight excluding hydrogens is 292 g/mol. The van der Waals surface area contributed by atoms with Gasteiger partial charge in [0, 0.05) is 35.5 Å². The zero-order chi connectivity index (χ0) is 15.8. The maximum absolute atomic E-state index is 11.4. The summed E-state index contributed by atoms with van der Waals surface area (Å²) in [5.74, 6) is -2.57. The minimum atomic E-state index is -2.53. The molecule has 12 nitrogen and oxygen atoms in total. The zero-order valence-corrected chi connectivity index (χ0v) is 10.5. The molecule has 114 valence electrons. The number of hydrogen-bond acceptors (Lipinski definition) is 8. The Morgan fingerprint density at radius 3 is 1.10 bits per heavy atom. The van der Waals surface area contributed by atoms with Gasteiger partial charge in [-0.15, -0.1) is 0 Å². The van der Waals surface area contributed by atoms with E-state index in [9.17, 15) is 40.5 Å². The molecule has 12 heteroatoms. The lowest BCUT2D eigenvalue weighted by molar-refractivity contribution is -0.822. The first-order valence-corrected chi connectivity index (χ1v) is 6.23. The fraction of sp³-hybridized carbons (Fsp3) is 1.00. The Bertz CT molecular complexity index is 539. The molecule has 0 aliphatic heterocycles. The SMILES string of the molecule is O=[N+]([O-])C1([N+](=O)[O-])C2CC3([N+](=O)[O-])CC1CC3([N+](=O)[O-])C2. The summed E-state index contributed by atoms with van der Waals surface area (Å²) in [6.07, 6.45) is -1.95. The smallest absolute Gasteiger partial charge is 0.264 e. The van der Waals surface area contributed by atoms with Gasteiger partial charge in [0.1, 0.15) is 11.8 Å². The van der Waals surface area contributed by atoms with Crippen LogP contribution < -0.4 is 0 Å². The van der Waals surface area contributed by atoms with Gasteiger partial charge < -0.3 is 0 Å². The second kappa shape index (κ2) is 3.43. The van der Waals surface area contributed by atoms with Crippen molar-refractivity contribution < 1.29 is 19.7 Å². The maximum Gasteiger partial charge on any atom is 0.465 e. The average molecular weight is 302 g/mol. The number of rotatable bonds is 4. The van der Waals surface area contributed by atoms with Gasteiger partial charge in [0.25, 0.3) is 11.1 Å². The predicted molar refractivity (Wildman–Crippen MR) is 61.6 cm³/mol. The Hall–Kier alpha value is -2.40. The highest BCUT2D eigenvalue weighted by Gasteiger charge is 2.94. The summed E-state index contributed by atoms with van der Waals surface area (Å²) in [7, 11) is 0. The van der Waals surface area contributed by atoms with Crippen molar-refractivity contribution in [3.63, 3.8) is 0 Å². The van der Waals surface area contributed by atoms with E-state index in [0.717, 1.165) is 0 Å². The first-order valence-electron chi connectivity index (χ1n) is 6.23. The summed E-state index contributed by atoms with van der Waals surface area (Å²) in [6, 6.07) is 0. The molecule has 0 aromatic carbocycles. The fourth-order valence-electron chi connectivity index (χ4n) is 4.94. The molecule has 4 rings (SSSR count). The third kappa shape index (κ3) is 1.09. The Morgan fingerprint density at radius 1 is 0.619 bits per heavy atom. The molecule has 0 N–H and O–H groups in total. The molecule has 4 bridgehead atoms. The van der Waals surface area contributed by atoms with E-state index in [-0.39, 0.29) is 0 Å². The Labute approximate surface area is 115 Å². The van der Waals surface area contributed by atoms with Crippen molar-refractivity contribution in [3.8, 4) is 0 Å². The highest BCUT2D eigenvalue weighted by atomic mass is 16.7. The lowest BCUT2D eigenvalue weighted by atomic mass is 9.70. The summed E-state index contributed by atoms with van der Waals surface area (Å²) >= 11 is 0. The lowest BCUT2D eigenvalue weighted by Crippen LogP contribution is -2.61. The minimum absolute atomic E-state index is 0.487. The van der Waals surface area contributed by atoms with Crippen LogP contribution in [0.4, 0.5) is 0 Å². The van der Waals surface area contributed by atoms with E-state index in [2.05, 4.69) is 0 Å². The largest absolute Gasteiger partial charge is 0.465 e. The summed E-state index contributed by atoms with van der Waals surface area (Å²) < 4.78 is 0. The van der Waals surface area contributed by atoms with Crippen LogP contribution in [0.5, 0.6) is 0 Å². The molecule has 0 unspecified atom stereocenters. The summed E-state index contributed by atoms with van der Waals surface area (Å²) in [5.41, 5.74) is -6.36. The van der Waals surface area contributed by atoms with Crippen LogP contribution in [0, 0.1) is 52.3 Å². The van der Waals surface area contributed by atoms with Crippen LogP contribution >= 0.6 is 0 Å². The van der Waals surface area contributed by atoms with Crippen LogP contribution in [0.1, 0.15) is 25.7 Å². The van der Waals surface area contributed by atoms with E-state index in [1.807, 2.05) is 0 Å². The van der Waals surface area contributed by atoms with Crippen molar-refractivity contribution in [1.29, 1.82) is 0 Å². The van der Waals surface area contributed by atoms with Gasteiger partial charge in [-0.05, 0) is 0 Å². The summed E-state index contributed by atoms with van der Waals surface area (Å²) in [4.78, 5) is 41.9. The van der Waals surface area contributed by atoms with E-state index < -0.39 is 74.0 Å². The molecule has 4 aliphatic carbocycles. The highest BCUT2D eigenvalue weighted by molar-refractivity contribution is 5.23. The third-order valence-electron chi connectivity index (χ3n) is 5.69. The summed E-state index contributed by atoms with van der Waals surface area (Å²) in [5, 5.41) is 45.4. The van der Waals surface area contributed by atoms with Crippen molar-refractivity contribution in [3.05, 3.63) is 40.5 Å². The van der Waals surface area contributed by atoms with Crippen LogP contribution in [0.25, 0.3) is 0 Å². The van der Waals surface area contributed by atoms with Crippen LogP contribution in [-0.2, 0) is 0 Å². The summed E-state index contributed by atoms with van der Waals surface area (Å²) in [6.45, 7) is 0. The normalized spacial score (nSPS) is 41.9. The van der Waals surface area contributed by atoms with E-state index in [1.165, 1.54) is 0 Å². The molecule has 0 radical (unpaired) electrons. The van der Waals surface area contributed by atoms with Crippen molar-refractivity contribution in [1.82, 2.24) is 0 Å². The number of nitrogens with zero attached hydrogens (tertiary/aromatic N) is 4. The fourth-order valence-corrected chi connectivity index (χ4v) is 4.94. The predicted octanol–water partition coefficient (Wildman–Crippen LogP) is 0.101. The van der Waals surface area contributed by atoms with Gasteiger partial charge in [0.2, 0.25) is 0 Å². The van der Waals surface area contributed by atoms with E-state index in [0.29, 0.717) is 0 Å². The molecule has 0 aromatic heterocycles. The Morgan fingerprint density at radius 2 is 0.905 bits per heavy atom. The average Bonchev–Trinajstić information content (AvgIpc) is 2.76. The van der Waals surface area contributed by atoms with Crippen molar-refractivity contribution in [2.45, 2.75) is 42.4 Å². The van der Waals surface area contributed by atoms with E-state index in [4.69, 9.17) is 0 Å². The first-order chi connectivity index (χ1) is 9.65. The van der Waals surface area contributed by atoms with Gasteiger partial charge in [0.05, 0.1) is 9.85 Å². The second-order valence-electron chi connectivity index (χ2n) is 6.09. The quantitative estimate of drug-likeness (QED) is 0.399. The highest BCUT2D eigenvalue weighted by Crippen LogP contribution is 2.69. The first kappa shape index (κ1) is 13.6. The molecule has 4 aliphatic rings. The van der Waals surface area contributed by atoms with Crippen LogP contribution in [-0.4, -0.2) is 36.4 Å². The monoisotopic (exact) mass is 302 g/mol. The lowest BCUT2D eigenvalue weighted by Gasteiger charge is -2.32. The number of nitro groups is 4. The van der Waals surface area contributed by atoms with Crippen LogP contribution in [0.3, 0.4) is 0 Å². The van der Waals surface area contributed by atoms with E-state index in [1.54, 1.807) is 0 Å². The van der Waals surface area contributed by atoms with Gasteiger partial charge in [-0.25, -0.2) is 0 Å². The van der Waals surface area contributed by atoms with Crippen LogP contribution in [0.15, 0.2) is 0 Å². The molecule has 4 fully saturated rings. The van der Waals surface area contributed by atoms with Crippen LogP contribution in [0.2, 0.25) is 0 Å². The minimum Gasteiger partial charge on any atom is -0.264 e. The van der Waals surface area contributed by atoms with Crippen molar-refractivity contribution in [2.75, 3.05) is 0 Å². The van der Waals surface area contributed by atoms with Gasteiger partial charge in [-0.2, -0.15) is 0 Å². The Balaban J connectivity index is 2.20. The molecule has 0 amide bonds. The molecule has 0 heterocycles. The molecule has 0 atom stereocenters.